The van der Waals surface area contributed by atoms with Crippen LogP contribution in [0, 0.1) is 5.92 Å². The maximum atomic E-state index is 11.7. The van der Waals surface area contributed by atoms with E-state index >= 15 is 0 Å². The summed E-state index contributed by atoms with van der Waals surface area (Å²) >= 11 is 6.04. The van der Waals surface area contributed by atoms with Crippen molar-refractivity contribution in [3.63, 3.8) is 0 Å². The van der Waals surface area contributed by atoms with Crippen LogP contribution in [0.15, 0.2) is 24.3 Å². The average Bonchev–Trinajstić information content (AvgIpc) is 2.50. The molecule has 1 aromatic rings. The quantitative estimate of drug-likeness (QED) is 0.739. The highest BCUT2D eigenvalue weighted by Crippen LogP contribution is 2.23. The summed E-state index contributed by atoms with van der Waals surface area (Å²) in [6.45, 7) is 5.59. The minimum absolute atomic E-state index is 0. The third-order valence-electron chi connectivity index (χ3n) is 3.71. The Morgan fingerprint density at radius 1 is 1.32 bits per heavy atom. The van der Waals surface area contributed by atoms with E-state index in [4.69, 9.17) is 21.1 Å². The fourth-order valence-electron chi connectivity index (χ4n) is 2.50. The molecule has 124 valence electrons. The van der Waals surface area contributed by atoms with Crippen LogP contribution in [0.1, 0.15) is 19.8 Å². The number of benzene rings is 1. The van der Waals surface area contributed by atoms with Gasteiger partial charge in [-0.05, 0) is 45.0 Å². The molecule has 0 saturated carbocycles. The number of carbonyl (C=O) groups excluding carboxylic acids is 1. The van der Waals surface area contributed by atoms with Crippen LogP contribution in [0.5, 0.6) is 5.75 Å². The first-order valence-electron chi connectivity index (χ1n) is 7.47. The first-order chi connectivity index (χ1) is 10.2. The predicted octanol–water partition coefficient (Wildman–Crippen LogP) is 3.42. The molecule has 1 aliphatic rings. The molecular formula is C16H23Cl2NO3. The summed E-state index contributed by atoms with van der Waals surface area (Å²) in [5.74, 6) is 0.732. The van der Waals surface area contributed by atoms with Gasteiger partial charge in [0.2, 0.25) is 0 Å². The Bertz CT molecular complexity index is 462. The number of piperidine rings is 1. The zero-order valence-electron chi connectivity index (χ0n) is 12.8. The van der Waals surface area contributed by atoms with E-state index in [-0.39, 0.29) is 24.3 Å². The molecule has 0 atom stereocenters. The Labute approximate surface area is 143 Å². The smallest absolute Gasteiger partial charge is 0.309 e. The number of nitrogens with zero attached hydrogens (tertiary/aromatic N) is 1. The Morgan fingerprint density at radius 2 is 2.00 bits per heavy atom. The number of likely N-dealkylation sites (tertiary alicyclic amines) is 1. The fourth-order valence-corrected chi connectivity index (χ4v) is 2.69. The van der Waals surface area contributed by atoms with E-state index in [0.717, 1.165) is 38.2 Å². The lowest BCUT2D eigenvalue weighted by Gasteiger charge is -2.30. The topological polar surface area (TPSA) is 38.8 Å². The normalized spacial score (nSPS) is 15.9. The molecule has 1 saturated heterocycles. The van der Waals surface area contributed by atoms with Gasteiger partial charge in [-0.1, -0.05) is 23.7 Å². The molecule has 0 radical (unpaired) electrons. The second-order valence-electron chi connectivity index (χ2n) is 5.15. The van der Waals surface area contributed by atoms with Gasteiger partial charge in [0.05, 0.1) is 17.5 Å². The van der Waals surface area contributed by atoms with E-state index in [1.165, 1.54) is 0 Å². The summed E-state index contributed by atoms with van der Waals surface area (Å²) in [5, 5.41) is 0.638. The number of hydrogen-bond acceptors (Lipinski definition) is 4. The van der Waals surface area contributed by atoms with E-state index in [9.17, 15) is 4.79 Å². The Morgan fingerprint density at radius 3 is 2.64 bits per heavy atom. The summed E-state index contributed by atoms with van der Waals surface area (Å²) in [7, 11) is 0. The molecule has 0 N–H and O–H groups in total. The van der Waals surface area contributed by atoms with Crippen LogP contribution >= 0.6 is 24.0 Å². The monoisotopic (exact) mass is 347 g/mol. The number of para-hydroxylation sites is 1. The van der Waals surface area contributed by atoms with Crippen molar-refractivity contribution in [3.05, 3.63) is 29.3 Å². The molecule has 1 aromatic carbocycles. The second kappa shape index (κ2) is 9.93. The highest BCUT2D eigenvalue weighted by Gasteiger charge is 2.25. The van der Waals surface area contributed by atoms with Crippen molar-refractivity contribution < 1.29 is 14.3 Å². The largest absolute Gasteiger partial charge is 0.491 e. The lowest BCUT2D eigenvalue weighted by atomic mass is 9.97. The molecule has 0 aliphatic carbocycles. The van der Waals surface area contributed by atoms with Gasteiger partial charge in [-0.3, -0.25) is 9.69 Å². The van der Waals surface area contributed by atoms with Crippen LogP contribution in [-0.4, -0.2) is 43.7 Å². The number of hydrogen-bond donors (Lipinski definition) is 0. The number of carbonyl (C=O) groups is 1. The van der Waals surface area contributed by atoms with Gasteiger partial charge in [0, 0.05) is 6.54 Å². The maximum absolute atomic E-state index is 11.7. The molecule has 6 heteroatoms. The van der Waals surface area contributed by atoms with Gasteiger partial charge >= 0.3 is 5.97 Å². The molecule has 0 bridgehead atoms. The predicted molar refractivity (Wildman–Crippen MR) is 90.0 cm³/mol. The highest BCUT2D eigenvalue weighted by molar-refractivity contribution is 6.32. The summed E-state index contributed by atoms with van der Waals surface area (Å²) in [4.78, 5) is 14.0. The Hall–Kier alpha value is -0.970. The number of rotatable bonds is 6. The van der Waals surface area contributed by atoms with Gasteiger partial charge < -0.3 is 9.47 Å². The van der Waals surface area contributed by atoms with E-state index in [2.05, 4.69) is 4.90 Å². The van der Waals surface area contributed by atoms with Crippen LogP contribution in [0.2, 0.25) is 5.02 Å². The fraction of sp³-hybridized carbons (Fsp3) is 0.562. The minimum Gasteiger partial charge on any atom is -0.491 e. The van der Waals surface area contributed by atoms with E-state index < -0.39 is 0 Å². The van der Waals surface area contributed by atoms with E-state index in [1.54, 1.807) is 0 Å². The second-order valence-corrected chi connectivity index (χ2v) is 5.55. The minimum atomic E-state index is -0.0514. The third-order valence-corrected chi connectivity index (χ3v) is 4.02. The Kier molecular flexibility index (Phi) is 8.61. The third kappa shape index (κ3) is 5.67. The van der Waals surface area contributed by atoms with Crippen molar-refractivity contribution in [1.29, 1.82) is 0 Å². The van der Waals surface area contributed by atoms with Crippen LogP contribution in [0.4, 0.5) is 0 Å². The zero-order valence-corrected chi connectivity index (χ0v) is 14.4. The maximum Gasteiger partial charge on any atom is 0.309 e. The van der Waals surface area contributed by atoms with Crippen molar-refractivity contribution >= 4 is 30.0 Å². The summed E-state index contributed by atoms with van der Waals surface area (Å²) < 4.78 is 10.8. The van der Waals surface area contributed by atoms with Crippen LogP contribution in [0.3, 0.4) is 0 Å². The summed E-state index contributed by atoms with van der Waals surface area (Å²) in [5.41, 5.74) is 0. The van der Waals surface area contributed by atoms with Crippen molar-refractivity contribution in [3.8, 4) is 5.75 Å². The molecule has 22 heavy (non-hydrogen) atoms. The lowest BCUT2D eigenvalue weighted by Crippen LogP contribution is -2.39. The van der Waals surface area contributed by atoms with Crippen LogP contribution in [0.25, 0.3) is 0 Å². The van der Waals surface area contributed by atoms with Crippen molar-refractivity contribution in [2.75, 3.05) is 32.8 Å². The number of ether oxygens (including phenoxy) is 2. The zero-order chi connectivity index (χ0) is 15.1. The molecule has 1 heterocycles. The Balaban J connectivity index is 0.00000242. The molecule has 0 spiro atoms. The van der Waals surface area contributed by atoms with E-state index in [1.807, 2.05) is 31.2 Å². The van der Waals surface area contributed by atoms with Gasteiger partial charge in [0.1, 0.15) is 12.4 Å². The van der Waals surface area contributed by atoms with Crippen LogP contribution < -0.4 is 4.74 Å². The molecule has 1 fully saturated rings. The van der Waals surface area contributed by atoms with Gasteiger partial charge in [-0.25, -0.2) is 0 Å². The lowest BCUT2D eigenvalue weighted by molar-refractivity contribution is -0.149. The van der Waals surface area contributed by atoms with Crippen molar-refractivity contribution in [2.45, 2.75) is 19.8 Å². The van der Waals surface area contributed by atoms with Gasteiger partial charge in [-0.15, -0.1) is 12.4 Å². The molecular weight excluding hydrogens is 325 g/mol. The molecule has 0 amide bonds. The van der Waals surface area contributed by atoms with Gasteiger partial charge in [-0.2, -0.15) is 0 Å². The van der Waals surface area contributed by atoms with Gasteiger partial charge in [0.25, 0.3) is 0 Å². The molecule has 4 nitrogen and oxygen atoms in total. The highest BCUT2D eigenvalue weighted by atomic mass is 35.5. The van der Waals surface area contributed by atoms with E-state index in [0.29, 0.717) is 18.2 Å². The average molecular weight is 348 g/mol. The summed E-state index contributed by atoms with van der Waals surface area (Å²) in [6.07, 6.45) is 1.73. The molecule has 1 aliphatic heterocycles. The number of halogens is 2. The first kappa shape index (κ1) is 19.1. The number of esters is 1. The first-order valence-corrected chi connectivity index (χ1v) is 7.84. The van der Waals surface area contributed by atoms with Crippen LogP contribution in [-0.2, 0) is 9.53 Å². The molecule has 2 rings (SSSR count). The molecule has 0 unspecified atom stereocenters. The van der Waals surface area contributed by atoms with Gasteiger partial charge in [0.15, 0.2) is 0 Å². The molecule has 0 aromatic heterocycles. The standard InChI is InChI=1S/C16H22ClNO3.ClH/c1-2-20-16(19)13-7-9-18(10-8-13)11-12-21-15-6-4-3-5-14(15)17;/h3-6,13H,2,7-12H2,1H3;1H. The summed E-state index contributed by atoms with van der Waals surface area (Å²) in [6, 6.07) is 7.48. The SMILES string of the molecule is CCOC(=O)C1CCN(CCOc2ccccc2Cl)CC1.Cl. The van der Waals surface area contributed by atoms with Crippen molar-refractivity contribution in [2.24, 2.45) is 5.92 Å². The van der Waals surface area contributed by atoms with Crippen molar-refractivity contribution in [1.82, 2.24) is 4.90 Å².